The van der Waals surface area contributed by atoms with Gasteiger partial charge in [-0.15, -0.1) is 0 Å². The molecule has 8 nitrogen and oxygen atoms in total. The van der Waals surface area contributed by atoms with E-state index in [9.17, 15) is 14.4 Å². The molecule has 2 aliphatic rings. The second-order valence-electron chi connectivity index (χ2n) is 9.80. The van der Waals surface area contributed by atoms with Crippen LogP contribution in [0.1, 0.15) is 16.8 Å². The van der Waals surface area contributed by atoms with Crippen LogP contribution < -0.4 is 10.1 Å². The van der Waals surface area contributed by atoms with Gasteiger partial charge >= 0.3 is 6.09 Å². The molecule has 2 aliphatic heterocycles. The number of nitrogens with one attached hydrogen (secondary N) is 1. The highest BCUT2D eigenvalue weighted by Crippen LogP contribution is 2.42. The number of nitrogens with zero attached hydrogens (tertiary/aromatic N) is 3. The lowest BCUT2D eigenvalue weighted by Crippen LogP contribution is -2.40. The molecule has 192 valence electrons. The van der Waals surface area contributed by atoms with Crippen LogP contribution in [0.5, 0.6) is 5.75 Å². The number of amides is 3. The molecule has 0 spiro atoms. The lowest BCUT2D eigenvalue weighted by molar-refractivity contribution is -0.122. The summed E-state index contributed by atoms with van der Waals surface area (Å²) in [5.41, 5.74) is 4.77. The zero-order valence-electron chi connectivity index (χ0n) is 21.2. The fourth-order valence-electron chi connectivity index (χ4n) is 5.84. The normalized spacial score (nSPS) is 15.3. The number of rotatable bonds is 3. The summed E-state index contributed by atoms with van der Waals surface area (Å²) in [4.78, 5) is 41.6. The van der Waals surface area contributed by atoms with E-state index in [4.69, 9.17) is 4.74 Å². The number of ether oxygens (including phenoxy) is 1. The van der Waals surface area contributed by atoms with Crippen molar-refractivity contribution in [3.8, 4) is 5.75 Å². The molecule has 0 atom stereocenters. The standard InChI is InChI=1S/C31H24N4O4/c1-33-17-22(20-11-5-7-13-23(20)33)27-28(30(37)32-29(27)36)26-21-12-6-8-14-24(21)35-16-15-34(18-25(26)35)31(38)39-19-9-3-2-4-10-19/h2-14,17H,15-16,18H2,1H3,(H,32,36,37). The van der Waals surface area contributed by atoms with Crippen LogP contribution in [0.4, 0.5) is 4.79 Å². The van der Waals surface area contributed by atoms with Crippen molar-refractivity contribution in [3.05, 3.63) is 102 Å². The summed E-state index contributed by atoms with van der Waals surface area (Å²) in [7, 11) is 1.92. The lowest BCUT2D eigenvalue weighted by Gasteiger charge is -2.29. The molecule has 0 saturated heterocycles. The predicted octanol–water partition coefficient (Wildman–Crippen LogP) is 4.71. The SMILES string of the molecule is Cn1cc(C2=C(c3c4n(c5ccccc35)CCN(C(=O)Oc3ccccc3)C4)C(=O)NC2=O)c2ccccc21. The Balaban J connectivity index is 1.41. The molecular formula is C31H24N4O4. The molecule has 4 heterocycles. The van der Waals surface area contributed by atoms with Gasteiger partial charge in [0.2, 0.25) is 0 Å². The van der Waals surface area contributed by atoms with Crippen molar-refractivity contribution in [1.82, 2.24) is 19.4 Å². The number of hydrogen-bond acceptors (Lipinski definition) is 4. The van der Waals surface area contributed by atoms with Crippen LogP contribution >= 0.6 is 0 Å². The van der Waals surface area contributed by atoms with Crippen LogP contribution in [0.15, 0.2) is 85.1 Å². The Morgan fingerprint density at radius 3 is 2.26 bits per heavy atom. The summed E-state index contributed by atoms with van der Waals surface area (Å²) in [5, 5.41) is 4.30. The summed E-state index contributed by atoms with van der Waals surface area (Å²) < 4.78 is 9.72. The van der Waals surface area contributed by atoms with Crippen molar-refractivity contribution < 1.29 is 19.1 Å². The number of benzene rings is 3. The van der Waals surface area contributed by atoms with Gasteiger partial charge in [0.1, 0.15) is 5.75 Å². The molecule has 0 unspecified atom stereocenters. The van der Waals surface area contributed by atoms with Gasteiger partial charge in [-0.2, -0.15) is 0 Å². The van der Waals surface area contributed by atoms with Gasteiger partial charge in [0, 0.05) is 65.0 Å². The van der Waals surface area contributed by atoms with Crippen LogP contribution in [-0.2, 0) is 29.7 Å². The van der Waals surface area contributed by atoms with E-state index in [2.05, 4.69) is 9.88 Å². The smallest absolute Gasteiger partial charge is 0.410 e. The largest absolute Gasteiger partial charge is 0.415 e. The second kappa shape index (κ2) is 8.73. The van der Waals surface area contributed by atoms with Gasteiger partial charge in [0.15, 0.2) is 0 Å². The van der Waals surface area contributed by atoms with Crippen LogP contribution in [0.25, 0.3) is 33.0 Å². The molecule has 0 radical (unpaired) electrons. The Morgan fingerprint density at radius 1 is 0.795 bits per heavy atom. The number of imide groups is 1. The zero-order valence-corrected chi connectivity index (χ0v) is 21.2. The molecule has 7 rings (SSSR count). The van der Waals surface area contributed by atoms with Gasteiger partial charge in [-0.25, -0.2) is 4.79 Å². The third-order valence-electron chi connectivity index (χ3n) is 7.57. The van der Waals surface area contributed by atoms with E-state index in [-0.39, 0.29) is 6.54 Å². The fourth-order valence-corrected chi connectivity index (χ4v) is 5.84. The number of hydrogen-bond donors (Lipinski definition) is 1. The highest BCUT2D eigenvalue weighted by atomic mass is 16.6. The Bertz CT molecular complexity index is 1860. The Labute approximate surface area is 223 Å². The lowest BCUT2D eigenvalue weighted by atomic mass is 9.93. The highest BCUT2D eigenvalue weighted by molar-refractivity contribution is 6.51. The summed E-state index contributed by atoms with van der Waals surface area (Å²) >= 11 is 0. The van der Waals surface area contributed by atoms with Gasteiger partial charge in [0.05, 0.1) is 17.7 Å². The van der Waals surface area contributed by atoms with E-state index in [1.807, 2.05) is 84.5 Å². The molecule has 5 aromatic rings. The first-order valence-electron chi connectivity index (χ1n) is 12.8. The average Bonchev–Trinajstić information content (AvgIpc) is 3.56. The summed E-state index contributed by atoms with van der Waals surface area (Å²) in [6.45, 7) is 1.23. The van der Waals surface area contributed by atoms with E-state index in [1.165, 1.54) is 0 Å². The van der Waals surface area contributed by atoms with Crippen LogP contribution in [0.2, 0.25) is 0 Å². The van der Waals surface area contributed by atoms with Gasteiger partial charge in [-0.3, -0.25) is 14.9 Å². The van der Waals surface area contributed by atoms with Crippen molar-refractivity contribution in [1.29, 1.82) is 0 Å². The number of carbonyl (C=O) groups excluding carboxylic acids is 3. The third-order valence-corrected chi connectivity index (χ3v) is 7.57. The summed E-state index contributed by atoms with van der Waals surface area (Å²) in [6, 6.07) is 24.6. The predicted molar refractivity (Wildman–Crippen MR) is 148 cm³/mol. The minimum atomic E-state index is -0.459. The van der Waals surface area contributed by atoms with E-state index in [1.54, 1.807) is 17.0 Å². The zero-order chi connectivity index (χ0) is 26.7. The van der Waals surface area contributed by atoms with E-state index in [0.29, 0.717) is 41.1 Å². The Hall–Kier alpha value is -5.11. The van der Waals surface area contributed by atoms with Gasteiger partial charge in [0.25, 0.3) is 11.8 Å². The van der Waals surface area contributed by atoms with E-state index < -0.39 is 17.9 Å². The molecular weight excluding hydrogens is 492 g/mol. The number of carbonyl (C=O) groups is 3. The number of fused-ring (bicyclic) bond motifs is 4. The fraction of sp³-hybridized carbons (Fsp3) is 0.129. The Morgan fingerprint density at radius 2 is 1.46 bits per heavy atom. The highest BCUT2D eigenvalue weighted by Gasteiger charge is 2.38. The van der Waals surface area contributed by atoms with Crippen LogP contribution in [0.3, 0.4) is 0 Å². The molecule has 1 N–H and O–H groups in total. The Kier molecular flexibility index (Phi) is 5.16. The molecule has 3 aromatic carbocycles. The molecule has 0 aliphatic carbocycles. The topological polar surface area (TPSA) is 85.6 Å². The molecule has 2 aromatic heterocycles. The quantitative estimate of drug-likeness (QED) is 0.352. The molecule has 39 heavy (non-hydrogen) atoms. The van der Waals surface area contributed by atoms with Crippen LogP contribution in [0, 0.1) is 0 Å². The average molecular weight is 517 g/mol. The number of aromatic nitrogens is 2. The van der Waals surface area contributed by atoms with Crippen molar-refractivity contribution in [2.24, 2.45) is 7.05 Å². The minimum absolute atomic E-state index is 0.240. The molecule has 3 amide bonds. The second-order valence-corrected chi connectivity index (χ2v) is 9.80. The monoisotopic (exact) mass is 516 g/mol. The summed E-state index contributed by atoms with van der Waals surface area (Å²) in [6.07, 6.45) is 1.44. The van der Waals surface area contributed by atoms with Crippen molar-refractivity contribution in [3.63, 3.8) is 0 Å². The molecule has 0 saturated carbocycles. The summed E-state index contributed by atoms with van der Waals surface area (Å²) in [5.74, 6) is -0.395. The van der Waals surface area contributed by atoms with Gasteiger partial charge < -0.3 is 18.8 Å². The van der Waals surface area contributed by atoms with Crippen molar-refractivity contribution in [2.45, 2.75) is 13.1 Å². The first-order chi connectivity index (χ1) is 19.0. The van der Waals surface area contributed by atoms with E-state index in [0.717, 1.165) is 27.5 Å². The van der Waals surface area contributed by atoms with Gasteiger partial charge in [-0.1, -0.05) is 54.6 Å². The van der Waals surface area contributed by atoms with Crippen LogP contribution in [-0.4, -0.2) is 38.5 Å². The van der Waals surface area contributed by atoms with Crippen molar-refractivity contribution in [2.75, 3.05) is 6.54 Å². The molecule has 0 bridgehead atoms. The van der Waals surface area contributed by atoms with Gasteiger partial charge in [-0.05, 0) is 24.3 Å². The number of para-hydroxylation sites is 3. The first-order valence-corrected chi connectivity index (χ1v) is 12.8. The maximum atomic E-state index is 13.5. The van der Waals surface area contributed by atoms with E-state index >= 15 is 0 Å². The number of aryl methyl sites for hydroxylation is 1. The van der Waals surface area contributed by atoms with Crippen molar-refractivity contribution >= 4 is 50.9 Å². The minimum Gasteiger partial charge on any atom is -0.410 e. The third kappa shape index (κ3) is 3.56. The maximum Gasteiger partial charge on any atom is 0.415 e. The maximum absolute atomic E-state index is 13.5. The molecule has 8 heteroatoms. The molecule has 0 fully saturated rings. The first kappa shape index (κ1) is 23.0.